The van der Waals surface area contributed by atoms with Gasteiger partial charge in [0.05, 0.1) is 4.90 Å². The van der Waals surface area contributed by atoms with Crippen LogP contribution in [0.3, 0.4) is 0 Å². The highest BCUT2D eigenvalue weighted by molar-refractivity contribution is 7.91. The summed E-state index contributed by atoms with van der Waals surface area (Å²) in [5.74, 6) is -3.49. The summed E-state index contributed by atoms with van der Waals surface area (Å²) in [5, 5.41) is 9.01. The number of rotatable bonds is 6. The minimum absolute atomic E-state index is 0.0708. The number of aliphatic carboxylic acids is 1. The number of hydrogen-bond donors (Lipinski definition) is 1. The largest absolute Gasteiger partial charge is 0.481 e. The van der Waals surface area contributed by atoms with E-state index >= 15 is 0 Å². The molecule has 0 amide bonds. The van der Waals surface area contributed by atoms with Crippen molar-refractivity contribution in [3.8, 4) is 16.9 Å². The predicted molar refractivity (Wildman–Crippen MR) is 102 cm³/mol. The average Bonchev–Trinajstić information content (AvgIpc) is 2.67. The average molecular weight is 439 g/mol. The molecule has 1 N–H and O–H groups in total. The van der Waals surface area contributed by atoms with Gasteiger partial charge in [-0.25, -0.2) is 22.0 Å². The molecule has 0 saturated heterocycles. The maximum atomic E-state index is 14.8. The summed E-state index contributed by atoms with van der Waals surface area (Å²) in [5.41, 5.74) is -0.189. The van der Waals surface area contributed by atoms with Gasteiger partial charge < -0.3 is 9.84 Å². The summed E-state index contributed by atoms with van der Waals surface area (Å²) in [6.45, 7) is -0.830. The molecule has 0 bridgehead atoms. The summed E-state index contributed by atoms with van der Waals surface area (Å²) < 4.78 is 59.9. The number of carboxylic acid groups (broad SMARTS) is 1. The van der Waals surface area contributed by atoms with E-state index in [1.54, 1.807) is 0 Å². The summed E-state index contributed by atoms with van der Waals surface area (Å²) in [6.07, 6.45) is 0. The van der Waals surface area contributed by atoms with Crippen molar-refractivity contribution in [2.45, 2.75) is 9.79 Å². The first-order valence-corrected chi connectivity index (χ1v) is 10.00. The molecule has 0 aliphatic carbocycles. The minimum atomic E-state index is -4.34. The molecule has 0 saturated carbocycles. The van der Waals surface area contributed by atoms with Crippen LogP contribution in [-0.4, -0.2) is 26.1 Å². The van der Waals surface area contributed by atoms with Crippen LogP contribution in [0.2, 0.25) is 5.02 Å². The lowest BCUT2D eigenvalue weighted by atomic mass is 10.0. The van der Waals surface area contributed by atoms with Gasteiger partial charge in [0.15, 0.2) is 6.61 Å². The van der Waals surface area contributed by atoms with E-state index in [0.29, 0.717) is 0 Å². The molecular weight excluding hydrogens is 426 g/mol. The Hall–Kier alpha value is -2.97. The fourth-order valence-corrected chi connectivity index (χ4v) is 4.28. The molecule has 0 aliphatic heterocycles. The number of hydrogen-bond acceptors (Lipinski definition) is 4. The zero-order valence-electron chi connectivity index (χ0n) is 14.6. The lowest BCUT2D eigenvalue weighted by Crippen LogP contribution is -2.12. The van der Waals surface area contributed by atoms with Crippen LogP contribution in [0.4, 0.5) is 8.78 Å². The Kier molecular flexibility index (Phi) is 5.86. The topological polar surface area (TPSA) is 80.7 Å². The second kappa shape index (κ2) is 8.18. The first-order chi connectivity index (χ1) is 13.7. The van der Waals surface area contributed by atoms with Gasteiger partial charge in [0.1, 0.15) is 22.3 Å². The summed E-state index contributed by atoms with van der Waals surface area (Å²) in [4.78, 5) is 9.88. The van der Waals surface area contributed by atoms with Crippen LogP contribution in [-0.2, 0) is 14.6 Å². The monoisotopic (exact) mass is 438 g/mol. The SMILES string of the molecule is O=C(O)COc1cc(S(=O)(=O)c2cccc(Cl)c2)c(F)cc1-c1ccccc1F. The third kappa shape index (κ3) is 4.38. The van der Waals surface area contributed by atoms with E-state index in [-0.39, 0.29) is 26.8 Å². The highest BCUT2D eigenvalue weighted by Crippen LogP contribution is 2.37. The number of carboxylic acids is 1. The lowest BCUT2D eigenvalue weighted by molar-refractivity contribution is -0.139. The highest BCUT2D eigenvalue weighted by atomic mass is 35.5. The Morgan fingerprint density at radius 2 is 1.69 bits per heavy atom. The third-order valence-corrected chi connectivity index (χ3v) is 5.95. The molecule has 0 aromatic heterocycles. The highest BCUT2D eigenvalue weighted by Gasteiger charge is 2.26. The van der Waals surface area contributed by atoms with E-state index in [9.17, 15) is 22.0 Å². The maximum Gasteiger partial charge on any atom is 0.341 e. The predicted octanol–water partition coefficient (Wildman–Crippen LogP) is 4.58. The van der Waals surface area contributed by atoms with Crippen LogP contribution in [0.25, 0.3) is 11.1 Å². The molecule has 3 rings (SSSR count). The van der Waals surface area contributed by atoms with E-state index < -0.39 is 38.9 Å². The van der Waals surface area contributed by atoms with Gasteiger partial charge in [-0.05, 0) is 30.3 Å². The molecule has 3 aromatic carbocycles. The van der Waals surface area contributed by atoms with E-state index in [4.69, 9.17) is 21.4 Å². The first-order valence-electron chi connectivity index (χ1n) is 8.14. The normalized spacial score (nSPS) is 11.3. The molecule has 0 spiro atoms. The fraction of sp³-hybridized carbons (Fsp3) is 0.0500. The first kappa shape index (κ1) is 20.8. The van der Waals surface area contributed by atoms with Gasteiger partial charge in [0.2, 0.25) is 9.84 Å². The Balaban J connectivity index is 2.21. The van der Waals surface area contributed by atoms with E-state index in [1.807, 2.05) is 0 Å². The van der Waals surface area contributed by atoms with Crippen molar-refractivity contribution in [1.82, 2.24) is 0 Å². The Labute approximate surface area is 170 Å². The van der Waals surface area contributed by atoms with Crippen molar-refractivity contribution in [2.75, 3.05) is 6.61 Å². The summed E-state index contributed by atoms with van der Waals surface area (Å²) >= 11 is 5.83. The van der Waals surface area contributed by atoms with Crippen LogP contribution in [0.5, 0.6) is 5.75 Å². The Morgan fingerprint density at radius 3 is 2.34 bits per heavy atom. The van der Waals surface area contributed by atoms with E-state index in [0.717, 1.165) is 24.3 Å². The molecule has 0 atom stereocenters. The molecule has 150 valence electrons. The third-order valence-electron chi connectivity index (χ3n) is 3.95. The standard InChI is InChI=1S/C20H13ClF2O5S/c21-12-4-3-5-13(8-12)29(26,27)19-10-18(28-11-20(24)25)15(9-17(19)23)14-6-1-2-7-16(14)22/h1-10H,11H2,(H,24,25). The molecule has 0 heterocycles. The van der Waals surface area contributed by atoms with Gasteiger partial charge in [-0.2, -0.15) is 0 Å². The number of halogens is 3. The lowest BCUT2D eigenvalue weighted by Gasteiger charge is -2.14. The van der Waals surface area contributed by atoms with Crippen LogP contribution in [0.1, 0.15) is 0 Å². The molecule has 0 aliphatic rings. The van der Waals surface area contributed by atoms with Crippen LogP contribution < -0.4 is 4.74 Å². The van der Waals surface area contributed by atoms with Crippen LogP contribution in [0.15, 0.2) is 70.5 Å². The van der Waals surface area contributed by atoms with Gasteiger partial charge in [-0.3, -0.25) is 0 Å². The zero-order chi connectivity index (χ0) is 21.2. The molecular formula is C20H13ClF2O5S. The summed E-state index contributed by atoms with van der Waals surface area (Å²) in [6, 6.07) is 12.3. The fourth-order valence-electron chi connectivity index (χ4n) is 2.65. The van der Waals surface area contributed by atoms with Gasteiger partial charge in [0, 0.05) is 22.2 Å². The number of ether oxygens (including phenoxy) is 1. The zero-order valence-corrected chi connectivity index (χ0v) is 16.2. The van der Waals surface area contributed by atoms with Gasteiger partial charge in [-0.15, -0.1) is 0 Å². The molecule has 29 heavy (non-hydrogen) atoms. The Bertz CT molecular complexity index is 1200. The van der Waals surface area contributed by atoms with Crippen molar-refractivity contribution < 1.29 is 31.8 Å². The van der Waals surface area contributed by atoms with Crippen molar-refractivity contribution in [1.29, 1.82) is 0 Å². The molecule has 5 nitrogen and oxygen atoms in total. The molecule has 0 unspecified atom stereocenters. The van der Waals surface area contributed by atoms with Gasteiger partial charge >= 0.3 is 5.97 Å². The van der Waals surface area contributed by atoms with Gasteiger partial charge in [0.25, 0.3) is 0 Å². The van der Waals surface area contributed by atoms with Crippen molar-refractivity contribution >= 4 is 27.4 Å². The van der Waals surface area contributed by atoms with Crippen LogP contribution in [0, 0.1) is 11.6 Å². The van der Waals surface area contributed by atoms with Crippen molar-refractivity contribution in [2.24, 2.45) is 0 Å². The van der Waals surface area contributed by atoms with Crippen molar-refractivity contribution in [3.63, 3.8) is 0 Å². The second-order valence-electron chi connectivity index (χ2n) is 5.90. The van der Waals surface area contributed by atoms with Gasteiger partial charge in [-0.1, -0.05) is 35.9 Å². The smallest absolute Gasteiger partial charge is 0.341 e. The van der Waals surface area contributed by atoms with E-state index in [1.165, 1.54) is 36.4 Å². The molecule has 3 aromatic rings. The quantitative estimate of drug-likeness (QED) is 0.609. The minimum Gasteiger partial charge on any atom is -0.481 e. The van der Waals surface area contributed by atoms with Crippen LogP contribution >= 0.6 is 11.6 Å². The molecule has 9 heteroatoms. The van der Waals surface area contributed by atoms with E-state index in [2.05, 4.69) is 0 Å². The second-order valence-corrected chi connectivity index (χ2v) is 8.26. The number of benzene rings is 3. The number of sulfone groups is 1. The maximum absolute atomic E-state index is 14.8. The number of carbonyl (C=O) groups is 1. The molecule has 0 radical (unpaired) electrons. The Morgan fingerprint density at radius 1 is 0.966 bits per heavy atom. The summed E-state index contributed by atoms with van der Waals surface area (Å²) in [7, 11) is -4.34. The van der Waals surface area contributed by atoms with Crippen molar-refractivity contribution in [3.05, 3.63) is 77.3 Å². The molecule has 0 fully saturated rings.